The second kappa shape index (κ2) is 11.2. The molecule has 250 valence electrons. The van der Waals surface area contributed by atoms with Crippen molar-refractivity contribution in [2.24, 2.45) is 0 Å². The van der Waals surface area contributed by atoms with Crippen molar-refractivity contribution in [1.29, 1.82) is 0 Å². The molecule has 0 unspecified atom stereocenters. The van der Waals surface area contributed by atoms with Crippen LogP contribution >= 0.6 is 11.8 Å². The first-order chi connectivity index (χ1) is 26.0. The van der Waals surface area contributed by atoms with Crippen molar-refractivity contribution < 1.29 is 0 Å². The molecule has 0 saturated carbocycles. The van der Waals surface area contributed by atoms with Crippen LogP contribution < -0.4 is 0 Å². The molecule has 3 aliphatic rings. The van der Waals surface area contributed by atoms with Crippen LogP contribution in [-0.2, 0) is 10.8 Å². The number of hydrogen-bond acceptors (Lipinski definition) is 3. The number of aromatic nitrogens is 2. The third-order valence-corrected chi connectivity index (χ3v) is 12.9. The first kappa shape index (κ1) is 30.6. The molecule has 0 atom stereocenters. The van der Waals surface area contributed by atoms with E-state index in [-0.39, 0.29) is 5.41 Å². The van der Waals surface area contributed by atoms with E-state index in [1.807, 2.05) is 17.8 Å². The summed E-state index contributed by atoms with van der Waals surface area (Å²) >= 11 is 1.87. The van der Waals surface area contributed by atoms with E-state index in [0.29, 0.717) is 0 Å². The number of rotatable bonds is 3. The molecule has 1 spiro atoms. The van der Waals surface area contributed by atoms with Gasteiger partial charge in [0.15, 0.2) is 5.82 Å². The Balaban J connectivity index is 1.11. The van der Waals surface area contributed by atoms with Gasteiger partial charge in [0.2, 0.25) is 0 Å². The summed E-state index contributed by atoms with van der Waals surface area (Å²) in [6.45, 7) is 4.66. The Bertz CT molecular complexity index is 2750. The summed E-state index contributed by atoms with van der Waals surface area (Å²) in [6, 6.07) is 62.2. The van der Waals surface area contributed by atoms with Crippen LogP contribution in [0.15, 0.2) is 180 Å². The lowest BCUT2D eigenvalue weighted by Gasteiger charge is -2.39. The zero-order chi connectivity index (χ0) is 35.3. The van der Waals surface area contributed by atoms with Crippen molar-refractivity contribution in [3.8, 4) is 56.2 Å². The number of hydrogen-bond donors (Lipinski definition) is 0. The summed E-state index contributed by atoms with van der Waals surface area (Å²) < 4.78 is 0. The Labute approximate surface area is 314 Å². The SMILES string of the molecule is CC1(C)c2ccccc2-c2ccc(-c3cc(-c4ccc5c(c4)Sc4ccccc4C54c5ccccc5-c5ccccc54)nc(-c4ccccc4)n3)cc21. The lowest BCUT2D eigenvalue weighted by Crippen LogP contribution is -2.31. The van der Waals surface area contributed by atoms with Crippen molar-refractivity contribution in [2.45, 2.75) is 34.5 Å². The van der Waals surface area contributed by atoms with E-state index >= 15 is 0 Å². The predicted molar refractivity (Wildman–Crippen MR) is 217 cm³/mol. The Kier molecular flexibility index (Phi) is 6.48. The fourth-order valence-corrected chi connectivity index (χ4v) is 10.6. The second-order valence-electron chi connectivity index (χ2n) is 14.9. The second-order valence-corrected chi connectivity index (χ2v) is 16.0. The fourth-order valence-electron chi connectivity index (χ4n) is 9.34. The number of nitrogens with zero attached hydrogens (tertiary/aromatic N) is 2. The fraction of sp³-hybridized carbons (Fsp3) is 0.0800. The first-order valence-electron chi connectivity index (χ1n) is 18.3. The lowest BCUT2D eigenvalue weighted by molar-refractivity contribution is 0.660. The van der Waals surface area contributed by atoms with Gasteiger partial charge in [-0.3, -0.25) is 0 Å². The molecule has 0 bridgehead atoms. The van der Waals surface area contributed by atoms with Gasteiger partial charge in [-0.15, -0.1) is 0 Å². The van der Waals surface area contributed by atoms with Gasteiger partial charge >= 0.3 is 0 Å². The van der Waals surface area contributed by atoms with Crippen molar-refractivity contribution in [1.82, 2.24) is 9.97 Å². The van der Waals surface area contributed by atoms with Crippen LogP contribution in [0.4, 0.5) is 0 Å². The molecule has 8 aromatic rings. The molecular formula is C50H34N2S. The lowest BCUT2D eigenvalue weighted by atomic mass is 9.67. The molecule has 2 heterocycles. The third-order valence-electron chi connectivity index (χ3n) is 11.8. The Morgan fingerprint density at radius 2 is 0.887 bits per heavy atom. The quantitative estimate of drug-likeness (QED) is 0.184. The van der Waals surface area contributed by atoms with Gasteiger partial charge in [-0.05, 0) is 79.9 Å². The molecule has 1 aliphatic heterocycles. The maximum atomic E-state index is 5.27. The van der Waals surface area contributed by atoms with Gasteiger partial charge in [0.1, 0.15) is 0 Å². The minimum Gasteiger partial charge on any atom is -0.228 e. The minimum atomic E-state index is -0.399. The van der Waals surface area contributed by atoms with Gasteiger partial charge in [-0.2, -0.15) is 0 Å². The van der Waals surface area contributed by atoms with Crippen LogP contribution in [0.2, 0.25) is 0 Å². The highest BCUT2D eigenvalue weighted by atomic mass is 32.2. The minimum absolute atomic E-state index is 0.0977. The van der Waals surface area contributed by atoms with Crippen molar-refractivity contribution in [3.63, 3.8) is 0 Å². The van der Waals surface area contributed by atoms with E-state index < -0.39 is 5.41 Å². The van der Waals surface area contributed by atoms with Gasteiger partial charge in [0, 0.05) is 31.9 Å². The maximum absolute atomic E-state index is 5.27. The van der Waals surface area contributed by atoms with Crippen LogP contribution in [0.3, 0.4) is 0 Å². The first-order valence-corrected chi connectivity index (χ1v) is 19.1. The molecule has 7 aromatic carbocycles. The van der Waals surface area contributed by atoms with E-state index in [0.717, 1.165) is 33.9 Å². The maximum Gasteiger partial charge on any atom is 0.160 e. The average Bonchev–Trinajstić information content (AvgIpc) is 3.63. The highest BCUT2D eigenvalue weighted by Crippen LogP contribution is 2.62. The molecule has 0 amide bonds. The molecule has 0 N–H and O–H groups in total. The Morgan fingerprint density at radius 3 is 1.58 bits per heavy atom. The molecule has 11 rings (SSSR count). The molecule has 0 fully saturated rings. The summed E-state index contributed by atoms with van der Waals surface area (Å²) in [7, 11) is 0. The average molecular weight is 695 g/mol. The van der Waals surface area contributed by atoms with E-state index in [1.165, 1.54) is 65.4 Å². The van der Waals surface area contributed by atoms with Crippen LogP contribution in [0.5, 0.6) is 0 Å². The topological polar surface area (TPSA) is 25.8 Å². The van der Waals surface area contributed by atoms with Gasteiger partial charge in [-0.25, -0.2) is 9.97 Å². The van der Waals surface area contributed by atoms with E-state index in [9.17, 15) is 0 Å². The standard InChI is InChI=1S/C50H34N2S/c1-49(2)38-19-9-6-16-34(38)37-26-24-32(28-43(37)49)44-30-45(52-48(51-44)31-14-4-3-5-15-31)33-25-27-42-47(29-33)53-46-23-13-12-22-41(46)50(42)39-20-10-7-17-35(39)36-18-8-11-21-40(36)50/h3-30H,1-2H3. The predicted octanol–water partition coefficient (Wildman–Crippen LogP) is 12.6. The molecule has 3 heteroatoms. The molecule has 0 saturated heterocycles. The van der Waals surface area contributed by atoms with Gasteiger partial charge in [0.25, 0.3) is 0 Å². The summed E-state index contributed by atoms with van der Waals surface area (Å²) in [5.41, 5.74) is 17.9. The molecule has 53 heavy (non-hydrogen) atoms. The summed E-state index contributed by atoms with van der Waals surface area (Å²) in [6.07, 6.45) is 0. The third kappa shape index (κ3) is 4.29. The Hall–Kier alpha value is -6.03. The van der Waals surface area contributed by atoms with Crippen LogP contribution in [-0.4, -0.2) is 9.97 Å². The highest BCUT2D eigenvalue weighted by molar-refractivity contribution is 7.99. The van der Waals surface area contributed by atoms with Crippen molar-refractivity contribution in [3.05, 3.63) is 203 Å². The largest absolute Gasteiger partial charge is 0.228 e. The van der Waals surface area contributed by atoms with Gasteiger partial charge in [-0.1, -0.05) is 171 Å². The van der Waals surface area contributed by atoms with Crippen LogP contribution in [0, 0.1) is 0 Å². The van der Waals surface area contributed by atoms with Gasteiger partial charge < -0.3 is 0 Å². The number of fused-ring (bicyclic) bond motifs is 12. The number of benzene rings is 7. The highest BCUT2D eigenvalue weighted by Gasteiger charge is 2.50. The zero-order valence-electron chi connectivity index (χ0n) is 29.5. The monoisotopic (exact) mass is 694 g/mol. The van der Waals surface area contributed by atoms with Crippen molar-refractivity contribution >= 4 is 11.8 Å². The van der Waals surface area contributed by atoms with E-state index in [1.54, 1.807) is 0 Å². The van der Waals surface area contributed by atoms with Crippen LogP contribution in [0.1, 0.15) is 47.2 Å². The molecule has 2 aliphatic carbocycles. The van der Waals surface area contributed by atoms with E-state index in [2.05, 4.69) is 178 Å². The molecule has 0 radical (unpaired) electrons. The Morgan fingerprint density at radius 1 is 0.377 bits per heavy atom. The van der Waals surface area contributed by atoms with Gasteiger partial charge in [0.05, 0.1) is 16.8 Å². The zero-order valence-corrected chi connectivity index (χ0v) is 30.3. The molecule has 2 nitrogen and oxygen atoms in total. The summed E-state index contributed by atoms with van der Waals surface area (Å²) in [5.74, 6) is 0.729. The normalized spacial score (nSPS) is 14.8. The summed E-state index contributed by atoms with van der Waals surface area (Å²) in [4.78, 5) is 13.0. The smallest absolute Gasteiger partial charge is 0.160 e. The van der Waals surface area contributed by atoms with E-state index in [4.69, 9.17) is 9.97 Å². The van der Waals surface area contributed by atoms with Crippen molar-refractivity contribution in [2.75, 3.05) is 0 Å². The van der Waals surface area contributed by atoms with Crippen LogP contribution in [0.25, 0.3) is 56.2 Å². The molecule has 1 aromatic heterocycles. The summed E-state index contributed by atoms with van der Waals surface area (Å²) in [5, 5.41) is 0. The molecular weight excluding hydrogens is 661 g/mol.